The topological polar surface area (TPSA) is 64.6 Å². The Morgan fingerprint density at radius 1 is 1.46 bits per heavy atom. The van der Waals surface area contributed by atoms with E-state index < -0.39 is 12.1 Å². The van der Waals surface area contributed by atoms with Crippen molar-refractivity contribution in [1.82, 2.24) is 5.32 Å². The second-order valence-electron chi connectivity index (χ2n) is 2.27. The van der Waals surface area contributed by atoms with Crippen molar-refractivity contribution in [2.24, 2.45) is 0 Å². The number of hydrogen-bond donors (Lipinski definition) is 1. The zero-order valence-electron chi connectivity index (χ0n) is 7.46. The summed E-state index contributed by atoms with van der Waals surface area (Å²) in [5.74, 6) is -0.482. The molecule has 73 valence electrons. The molecule has 0 aromatic carbocycles. The number of carbonyl (C=O) groups is 2. The molecule has 0 rings (SSSR count). The van der Waals surface area contributed by atoms with E-state index in [9.17, 15) is 9.59 Å². The molecule has 5 nitrogen and oxygen atoms in total. The van der Waals surface area contributed by atoms with Crippen LogP contribution in [0.25, 0.3) is 0 Å². The van der Waals surface area contributed by atoms with E-state index in [2.05, 4.69) is 28.5 Å². The van der Waals surface area contributed by atoms with Crippen LogP contribution in [0.3, 0.4) is 0 Å². The summed E-state index contributed by atoms with van der Waals surface area (Å²) in [7, 11) is 2.89. The Labute approximate surface area is 76.7 Å². The molecule has 0 heterocycles. The van der Waals surface area contributed by atoms with E-state index in [1.54, 1.807) is 6.92 Å². The molecule has 0 aromatic heterocycles. The summed E-state index contributed by atoms with van der Waals surface area (Å²) in [6.45, 7) is 5.20. The molecule has 0 aliphatic rings. The van der Waals surface area contributed by atoms with Gasteiger partial charge in [-0.3, -0.25) is 0 Å². The number of rotatable bonds is 4. The summed E-state index contributed by atoms with van der Waals surface area (Å²) in [4.78, 5) is 21.2. The molecule has 0 unspecified atom stereocenters. The molecule has 0 aromatic rings. The van der Waals surface area contributed by atoms with E-state index in [0.717, 1.165) is 0 Å². The standard InChI is InChI=1S/C8H12NO4/c1-6(2)7(10)13-5-4-9-8(11)12-3/h1,3-5H2,2H3,(H,9,11). The van der Waals surface area contributed by atoms with Gasteiger partial charge in [0.1, 0.15) is 13.7 Å². The zero-order chi connectivity index (χ0) is 10.3. The maximum absolute atomic E-state index is 10.8. The fourth-order valence-electron chi connectivity index (χ4n) is 0.471. The highest BCUT2D eigenvalue weighted by Crippen LogP contribution is 1.90. The second kappa shape index (κ2) is 6.05. The van der Waals surface area contributed by atoms with Crippen molar-refractivity contribution in [3.05, 3.63) is 19.3 Å². The molecule has 0 aliphatic heterocycles. The van der Waals surface area contributed by atoms with Gasteiger partial charge in [-0.25, -0.2) is 9.59 Å². The van der Waals surface area contributed by atoms with Crippen LogP contribution in [-0.2, 0) is 14.3 Å². The molecule has 1 N–H and O–H groups in total. The van der Waals surface area contributed by atoms with Crippen molar-refractivity contribution < 1.29 is 19.1 Å². The number of ether oxygens (including phenoxy) is 2. The number of hydrogen-bond acceptors (Lipinski definition) is 4. The third kappa shape index (κ3) is 5.72. The van der Waals surface area contributed by atoms with Crippen molar-refractivity contribution in [2.45, 2.75) is 6.92 Å². The molecule has 1 amide bonds. The van der Waals surface area contributed by atoms with Crippen LogP contribution in [0.2, 0.25) is 0 Å². The predicted molar refractivity (Wildman–Crippen MR) is 45.6 cm³/mol. The van der Waals surface area contributed by atoms with Gasteiger partial charge in [0.15, 0.2) is 0 Å². The first-order chi connectivity index (χ1) is 6.07. The number of amides is 1. The van der Waals surface area contributed by atoms with E-state index in [0.29, 0.717) is 5.57 Å². The van der Waals surface area contributed by atoms with Gasteiger partial charge in [0.05, 0.1) is 6.54 Å². The van der Waals surface area contributed by atoms with Crippen LogP contribution in [0.4, 0.5) is 4.79 Å². The number of carbonyl (C=O) groups excluding carboxylic acids is 2. The lowest BCUT2D eigenvalue weighted by atomic mass is 10.4. The van der Waals surface area contributed by atoms with Crippen molar-refractivity contribution in [1.29, 1.82) is 0 Å². The summed E-state index contributed by atoms with van der Waals surface area (Å²) in [6, 6.07) is 0. The average Bonchev–Trinajstić information content (AvgIpc) is 2.11. The summed E-state index contributed by atoms with van der Waals surface area (Å²) < 4.78 is 8.72. The SMILES string of the molecule is [CH2]OC(=O)NCCOC(=O)C(=C)C. The first-order valence-corrected chi connectivity index (χ1v) is 3.60. The van der Waals surface area contributed by atoms with Gasteiger partial charge in [0.25, 0.3) is 0 Å². The fourth-order valence-corrected chi connectivity index (χ4v) is 0.471. The maximum Gasteiger partial charge on any atom is 0.407 e. The van der Waals surface area contributed by atoms with Crippen LogP contribution >= 0.6 is 0 Å². The molecule has 0 aliphatic carbocycles. The van der Waals surface area contributed by atoms with Crippen molar-refractivity contribution in [3.8, 4) is 0 Å². The summed E-state index contributed by atoms with van der Waals surface area (Å²) in [5, 5.41) is 2.30. The highest BCUT2D eigenvalue weighted by atomic mass is 16.5. The van der Waals surface area contributed by atoms with Crippen LogP contribution in [0.1, 0.15) is 6.92 Å². The van der Waals surface area contributed by atoms with Crippen LogP contribution < -0.4 is 5.32 Å². The minimum Gasteiger partial charge on any atom is -0.460 e. The predicted octanol–water partition coefficient (Wildman–Crippen LogP) is 0.623. The van der Waals surface area contributed by atoms with Gasteiger partial charge in [0, 0.05) is 5.57 Å². The Hall–Kier alpha value is -1.52. The molecule has 0 fully saturated rings. The fraction of sp³-hybridized carbons (Fsp3) is 0.375. The third-order valence-corrected chi connectivity index (χ3v) is 1.08. The molecule has 1 radical (unpaired) electrons. The van der Waals surface area contributed by atoms with E-state index in [1.807, 2.05) is 0 Å². The first kappa shape index (κ1) is 11.5. The van der Waals surface area contributed by atoms with E-state index in [1.165, 1.54) is 0 Å². The third-order valence-electron chi connectivity index (χ3n) is 1.08. The lowest BCUT2D eigenvalue weighted by Gasteiger charge is -2.04. The summed E-state index contributed by atoms with van der Waals surface area (Å²) in [6.07, 6.45) is -0.661. The van der Waals surface area contributed by atoms with Gasteiger partial charge in [-0.1, -0.05) is 6.58 Å². The van der Waals surface area contributed by atoms with Crippen molar-refractivity contribution >= 4 is 12.1 Å². The van der Waals surface area contributed by atoms with Crippen LogP contribution in [0, 0.1) is 7.11 Å². The first-order valence-electron chi connectivity index (χ1n) is 3.60. The van der Waals surface area contributed by atoms with Gasteiger partial charge in [-0.05, 0) is 6.92 Å². The van der Waals surface area contributed by atoms with E-state index in [4.69, 9.17) is 0 Å². The molecule has 0 spiro atoms. The largest absolute Gasteiger partial charge is 0.460 e. The number of esters is 1. The Morgan fingerprint density at radius 3 is 2.54 bits per heavy atom. The Morgan fingerprint density at radius 2 is 2.08 bits per heavy atom. The smallest absolute Gasteiger partial charge is 0.407 e. The quantitative estimate of drug-likeness (QED) is 0.397. The zero-order valence-corrected chi connectivity index (χ0v) is 7.46. The van der Waals surface area contributed by atoms with Crippen molar-refractivity contribution in [2.75, 3.05) is 13.2 Å². The lowest BCUT2D eigenvalue weighted by molar-refractivity contribution is -0.138. The van der Waals surface area contributed by atoms with E-state index >= 15 is 0 Å². The van der Waals surface area contributed by atoms with Crippen molar-refractivity contribution in [3.63, 3.8) is 0 Å². The van der Waals surface area contributed by atoms with Crippen LogP contribution in [0.5, 0.6) is 0 Å². The summed E-state index contributed by atoms with van der Waals surface area (Å²) in [5.41, 5.74) is 0.319. The minimum absolute atomic E-state index is 0.0841. The van der Waals surface area contributed by atoms with Gasteiger partial charge < -0.3 is 14.8 Å². The average molecular weight is 186 g/mol. The number of nitrogens with one attached hydrogen (secondary N) is 1. The van der Waals surface area contributed by atoms with Crippen LogP contribution in [-0.4, -0.2) is 25.2 Å². The number of alkyl carbamates (subject to hydrolysis) is 1. The van der Waals surface area contributed by atoms with Crippen LogP contribution in [0.15, 0.2) is 12.2 Å². The highest BCUT2D eigenvalue weighted by molar-refractivity contribution is 5.86. The second-order valence-corrected chi connectivity index (χ2v) is 2.27. The molecule has 0 saturated carbocycles. The Kier molecular flexibility index (Phi) is 5.34. The molecular weight excluding hydrogens is 174 g/mol. The summed E-state index contributed by atoms with van der Waals surface area (Å²) >= 11 is 0. The lowest BCUT2D eigenvalue weighted by Crippen LogP contribution is -2.27. The molecule has 5 heteroatoms. The van der Waals surface area contributed by atoms with Gasteiger partial charge in [-0.2, -0.15) is 0 Å². The van der Waals surface area contributed by atoms with Gasteiger partial charge in [0.2, 0.25) is 0 Å². The molecule has 13 heavy (non-hydrogen) atoms. The minimum atomic E-state index is -0.661. The van der Waals surface area contributed by atoms with Gasteiger partial charge >= 0.3 is 12.1 Å². The highest BCUT2D eigenvalue weighted by Gasteiger charge is 2.02. The van der Waals surface area contributed by atoms with Gasteiger partial charge in [-0.15, -0.1) is 0 Å². The molecule has 0 atom stereocenters. The monoisotopic (exact) mass is 186 g/mol. The molecule has 0 saturated heterocycles. The maximum atomic E-state index is 10.8. The van der Waals surface area contributed by atoms with E-state index in [-0.39, 0.29) is 13.2 Å². The Balaban J connectivity index is 3.41. The Bertz CT molecular complexity index is 212. The normalized spacial score (nSPS) is 8.77. The molecular formula is C8H12NO4. The molecule has 0 bridgehead atoms.